The second kappa shape index (κ2) is 8.67. The van der Waals surface area contributed by atoms with E-state index < -0.39 is 0 Å². The Kier molecular flexibility index (Phi) is 6.06. The first-order valence-electron chi connectivity index (χ1n) is 8.64. The molecule has 0 bridgehead atoms. The largest absolute Gasteiger partial charge is 0.325 e. The number of aryl methyl sites for hydroxylation is 1. The molecule has 0 saturated heterocycles. The first-order chi connectivity index (χ1) is 13.4. The van der Waals surface area contributed by atoms with E-state index in [4.69, 9.17) is 0 Å². The van der Waals surface area contributed by atoms with E-state index in [1.165, 1.54) is 29.3 Å². The van der Waals surface area contributed by atoms with Crippen LogP contribution in [-0.2, 0) is 4.79 Å². The maximum Gasteiger partial charge on any atom is 0.258 e. The Bertz CT molecular complexity index is 1060. The summed E-state index contributed by atoms with van der Waals surface area (Å²) < 4.78 is 1.49. The minimum absolute atomic E-state index is 0.0298. The van der Waals surface area contributed by atoms with Gasteiger partial charge in [0.1, 0.15) is 0 Å². The van der Waals surface area contributed by atoms with Crippen LogP contribution in [0.15, 0.2) is 70.6 Å². The van der Waals surface area contributed by atoms with E-state index in [0.29, 0.717) is 27.8 Å². The molecule has 6 nitrogen and oxygen atoms in total. The van der Waals surface area contributed by atoms with Crippen LogP contribution in [0.5, 0.6) is 0 Å². The topological polar surface area (TPSA) is 81.1 Å². The highest BCUT2D eigenvalue weighted by Gasteiger charge is 2.12. The fourth-order valence-electron chi connectivity index (χ4n) is 2.60. The van der Waals surface area contributed by atoms with E-state index in [0.717, 1.165) is 0 Å². The predicted octanol–water partition coefficient (Wildman–Crippen LogP) is 3.47. The number of ketones is 1. The lowest BCUT2D eigenvalue weighted by molar-refractivity contribution is -0.113. The van der Waals surface area contributed by atoms with Crippen LogP contribution >= 0.6 is 11.8 Å². The van der Waals surface area contributed by atoms with E-state index >= 15 is 0 Å². The SMILES string of the molecule is CC(=O)c1ccc(NC(=O)CSc2nc(C)cc(=O)n2-c2ccccc2)cc1. The van der Waals surface area contributed by atoms with Gasteiger partial charge in [0.2, 0.25) is 5.91 Å². The summed E-state index contributed by atoms with van der Waals surface area (Å²) in [6, 6.07) is 17.4. The zero-order chi connectivity index (χ0) is 20.1. The molecule has 1 aromatic heterocycles. The van der Waals surface area contributed by atoms with Gasteiger partial charge in [-0.3, -0.25) is 19.0 Å². The number of nitrogens with zero attached hydrogens (tertiary/aromatic N) is 2. The molecule has 1 heterocycles. The molecule has 7 heteroatoms. The van der Waals surface area contributed by atoms with Crippen LogP contribution in [-0.4, -0.2) is 27.0 Å². The number of anilines is 1. The van der Waals surface area contributed by atoms with Crippen molar-refractivity contribution in [2.24, 2.45) is 0 Å². The van der Waals surface area contributed by atoms with Crippen LogP contribution in [0.1, 0.15) is 23.0 Å². The molecule has 0 saturated carbocycles. The molecule has 2 aromatic carbocycles. The Morgan fingerprint density at radius 1 is 1.07 bits per heavy atom. The van der Waals surface area contributed by atoms with Gasteiger partial charge in [0.05, 0.1) is 11.4 Å². The third-order valence-electron chi connectivity index (χ3n) is 3.94. The Hall–Kier alpha value is -3.19. The number of carbonyl (C=O) groups is 2. The zero-order valence-electron chi connectivity index (χ0n) is 15.5. The molecule has 0 unspecified atom stereocenters. The van der Waals surface area contributed by atoms with Gasteiger partial charge in [-0.2, -0.15) is 0 Å². The molecule has 1 amide bonds. The highest BCUT2D eigenvalue weighted by Crippen LogP contribution is 2.19. The molecule has 0 spiro atoms. The molecule has 0 aliphatic heterocycles. The van der Waals surface area contributed by atoms with Crippen molar-refractivity contribution >= 4 is 29.1 Å². The van der Waals surface area contributed by atoms with Crippen molar-refractivity contribution in [2.75, 3.05) is 11.1 Å². The van der Waals surface area contributed by atoms with E-state index in [1.54, 1.807) is 31.2 Å². The maximum absolute atomic E-state index is 12.5. The second-order valence-corrected chi connectivity index (χ2v) is 7.10. The summed E-state index contributed by atoms with van der Waals surface area (Å²) in [5.41, 5.74) is 2.29. The maximum atomic E-state index is 12.5. The monoisotopic (exact) mass is 393 g/mol. The number of carbonyl (C=O) groups excluding carboxylic acids is 2. The third kappa shape index (κ3) is 4.75. The molecule has 0 atom stereocenters. The normalized spacial score (nSPS) is 10.5. The zero-order valence-corrected chi connectivity index (χ0v) is 16.3. The number of thioether (sulfide) groups is 1. The van der Waals surface area contributed by atoms with E-state index in [2.05, 4.69) is 10.3 Å². The minimum Gasteiger partial charge on any atom is -0.325 e. The Morgan fingerprint density at radius 3 is 2.39 bits per heavy atom. The Morgan fingerprint density at radius 2 is 1.75 bits per heavy atom. The molecule has 28 heavy (non-hydrogen) atoms. The molecule has 0 aliphatic carbocycles. The number of aromatic nitrogens is 2. The fourth-order valence-corrected chi connectivity index (χ4v) is 3.46. The van der Waals surface area contributed by atoms with Crippen LogP contribution in [0.3, 0.4) is 0 Å². The molecule has 3 rings (SSSR count). The lowest BCUT2D eigenvalue weighted by atomic mass is 10.1. The van der Waals surface area contributed by atoms with Gasteiger partial charge in [0.15, 0.2) is 10.9 Å². The van der Waals surface area contributed by atoms with Crippen molar-refractivity contribution in [3.63, 3.8) is 0 Å². The first-order valence-corrected chi connectivity index (χ1v) is 9.62. The number of para-hydroxylation sites is 1. The van der Waals surface area contributed by atoms with Gasteiger partial charge in [0.25, 0.3) is 5.56 Å². The van der Waals surface area contributed by atoms with Crippen molar-refractivity contribution in [3.8, 4) is 5.69 Å². The molecule has 0 aliphatic rings. The van der Waals surface area contributed by atoms with Crippen molar-refractivity contribution in [1.29, 1.82) is 0 Å². The van der Waals surface area contributed by atoms with Gasteiger partial charge in [0, 0.05) is 23.0 Å². The highest BCUT2D eigenvalue weighted by atomic mass is 32.2. The molecule has 3 aromatic rings. The van der Waals surface area contributed by atoms with Gasteiger partial charge in [-0.1, -0.05) is 30.0 Å². The van der Waals surface area contributed by atoms with Crippen LogP contribution in [0.4, 0.5) is 5.69 Å². The van der Waals surface area contributed by atoms with Crippen LogP contribution < -0.4 is 10.9 Å². The number of hydrogen-bond acceptors (Lipinski definition) is 5. The standard InChI is InChI=1S/C21H19N3O3S/c1-14-12-20(27)24(18-6-4-3-5-7-18)21(22-14)28-13-19(26)23-17-10-8-16(9-11-17)15(2)25/h3-12H,13H2,1-2H3,(H,23,26). The summed E-state index contributed by atoms with van der Waals surface area (Å²) >= 11 is 1.19. The number of amides is 1. The molecular formula is C21H19N3O3S. The average Bonchev–Trinajstić information content (AvgIpc) is 2.67. The smallest absolute Gasteiger partial charge is 0.258 e. The quantitative estimate of drug-likeness (QED) is 0.394. The number of rotatable bonds is 6. The highest BCUT2D eigenvalue weighted by molar-refractivity contribution is 7.99. The van der Waals surface area contributed by atoms with E-state index in [1.807, 2.05) is 30.3 Å². The molecule has 0 radical (unpaired) electrons. The summed E-state index contributed by atoms with van der Waals surface area (Å²) in [5.74, 6) is -0.161. The van der Waals surface area contributed by atoms with Crippen molar-refractivity contribution in [3.05, 3.63) is 82.3 Å². The van der Waals surface area contributed by atoms with Crippen LogP contribution in [0.2, 0.25) is 0 Å². The molecule has 142 valence electrons. The Labute approximate surface area is 166 Å². The van der Waals surface area contributed by atoms with Gasteiger partial charge < -0.3 is 5.32 Å². The van der Waals surface area contributed by atoms with Gasteiger partial charge >= 0.3 is 0 Å². The van der Waals surface area contributed by atoms with Crippen molar-refractivity contribution < 1.29 is 9.59 Å². The van der Waals surface area contributed by atoms with Crippen molar-refractivity contribution in [1.82, 2.24) is 9.55 Å². The number of Topliss-reactive ketones (excluding diaryl/α,β-unsaturated/α-hetero) is 1. The molecule has 0 fully saturated rings. The number of hydrogen-bond donors (Lipinski definition) is 1. The number of benzene rings is 2. The van der Waals surface area contributed by atoms with Gasteiger partial charge in [-0.25, -0.2) is 4.98 Å². The van der Waals surface area contributed by atoms with Gasteiger partial charge in [-0.15, -0.1) is 0 Å². The van der Waals surface area contributed by atoms with Gasteiger partial charge in [-0.05, 0) is 50.2 Å². The summed E-state index contributed by atoms with van der Waals surface area (Å²) in [4.78, 5) is 40.5. The molecule has 1 N–H and O–H groups in total. The van der Waals surface area contributed by atoms with E-state index in [9.17, 15) is 14.4 Å². The second-order valence-electron chi connectivity index (χ2n) is 6.16. The fraction of sp³-hybridized carbons (Fsp3) is 0.143. The molecular weight excluding hydrogens is 374 g/mol. The third-order valence-corrected chi connectivity index (χ3v) is 4.88. The summed E-state index contributed by atoms with van der Waals surface area (Å²) in [7, 11) is 0. The van der Waals surface area contributed by atoms with Crippen molar-refractivity contribution in [2.45, 2.75) is 19.0 Å². The first kappa shape index (κ1) is 19.6. The lowest BCUT2D eigenvalue weighted by Crippen LogP contribution is -2.22. The minimum atomic E-state index is -0.226. The van der Waals surface area contributed by atoms with Crippen LogP contribution in [0, 0.1) is 6.92 Å². The average molecular weight is 393 g/mol. The van der Waals surface area contributed by atoms with Crippen LogP contribution in [0.25, 0.3) is 5.69 Å². The summed E-state index contributed by atoms with van der Waals surface area (Å²) in [6.07, 6.45) is 0. The summed E-state index contributed by atoms with van der Waals surface area (Å²) in [5, 5.41) is 3.24. The summed E-state index contributed by atoms with van der Waals surface area (Å²) in [6.45, 7) is 3.24. The van der Waals surface area contributed by atoms with E-state index in [-0.39, 0.29) is 23.0 Å². The predicted molar refractivity (Wildman–Crippen MR) is 110 cm³/mol. The Balaban J connectivity index is 1.74. The lowest BCUT2D eigenvalue weighted by Gasteiger charge is -2.12. The number of nitrogens with one attached hydrogen (secondary N) is 1.